The molecular formula is C16H26BrN3. The van der Waals surface area contributed by atoms with Crippen LogP contribution in [0.2, 0.25) is 0 Å². The largest absolute Gasteiger partial charge is 0.326 e. The number of aromatic nitrogens is 1. The Morgan fingerprint density at radius 3 is 2.50 bits per heavy atom. The lowest BCUT2D eigenvalue weighted by molar-refractivity contribution is 0.0771. The first-order valence-electron chi connectivity index (χ1n) is 7.72. The minimum Gasteiger partial charge on any atom is -0.326 e. The highest BCUT2D eigenvalue weighted by atomic mass is 79.9. The Morgan fingerprint density at radius 2 is 1.95 bits per heavy atom. The van der Waals surface area contributed by atoms with E-state index in [9.17, 15) is 0 Å². The first-order valence-corrected chi connectivity index (χ1v) is 8.51. The molecule has 1 fully saturated rings. The van der Waals surface area contributed by atoms with Crippen molar-refractivity contribution < 1.29 is 0 Å². The van der Waals surface area contributed by atoms with Crippen LogP contribution < -0.4 is 5.73 Å². The summed E-state index contributed by atoms with van der Waals surface area (Å²) in [6.07, 6.45) is 9.75. The highest BCUT2D eigenvalue weighted by Gasteiger charge is 2.43. The summed E-state index contributed by atoms with van der Waals surface area (Å²) in [7, 11) is 0. The van der Waals surface area contributed by atoms with E-state index in [1.807, 2.05) is 12.4 Å². The molecule has 2 rings (SSSR count). The minimum absolute atomic E-state index is 0.181. The van der Waals surface area contributed by atoms with E-state index < -0.39 is 0 Å². The van der Waals surface area contributed by atoms with E-state index in [0.717, 1.165) is 24.0 Å². The second-order valence-corrected chi connectivity index (χ2v) is 6.72. The zero-order valence-corrected chi connectivity index (χ0v) is 14.2. The van der Waals surface area contributed by atoms with Crippen molar-refractivity contribution in [2.24, 2.45) is 5.73 Å². The first-order chi connectivity index (χ1) is 9.62. The fourth-order valence-corrected chi connectivity index (χ4v) is 4.19. The number of nitrogens with two attached hydrogens (primary N) is 1. The maximum absolute atomic E-state index is 6.66. The van der Waals surface area contributed by atoms with Crippen LogP contribution >= 0.6 is 15.9 Å². The Balaban J connectivity index is 2.17. The molecule has 20 heavy (non-hydrogen) atoms. The number of likely N-dealkylation sites (N-methyl/N-ethyl adjacent to an activating group) is 1. The van der Waals surface area contributed by atoms with Gasteiger partial charge in [0, 0.05) is 28.4 Å². The molecule has 1 saturated carbocycles. The molecule has 1 unspecified atom stereocenters. The maximum Gasteiger partial charge on any atom is 0.0410 e. The van der Waals surface area contributed by atoms with Crippen LogP contribution in [0, 0.1) is 0 Å². The summed E-state index contributed by atoms with van der Waals surface area (Å²) in [5.74, 6) is 0. The van der Waals surface area contributed by atoms with Crippen LogP contribution in [0.1, 0.15) is 45.1 Å². The van der Waals surface area contributed by atoms with Gasteiger partial charge in [-0.2, -0.15) is 0 Å². The summed E-state index contributed by atoms with van der Waals surface area (Å²) in [6.45, 7) is 6.66. The molecule has 0 aromatic carbocycles. The van der Waals surface area contributed by atoms with Crippen LogP contribution in [0.3, 0.4) is 0 Å². The third-order valence-corrected chi connectivity index (χ3v) is 5.20. The van der Waals surface area contributed by atoms with Crippen LogP contribution in [-0.2, 0) is 6.42 Å². The average Bonchev–Trinajstić information content (AvgIpc) is 2.91. The van der Waals surface area contributed by atoms with Gasteiger partial charge in [-0.15, -0.1) is 0 Å². The SMILES string of the molecule is CCN(CC)C1(C(N)Cc2cncc(Br)c2)CCCC1. The zero-order chi connectivity index (χ0) is 14.6. The summed E-state index contributed by atoms with van der Waals surface area (Å²) < 4.78 is 1.03. The lowest BCUT2D eigenvalue weighted by atomic mass is 9.83. The van der Waals surface area contributed by atoms with Gasteiger partial charge in [0.1, 0.15) is 0 Å². The Morgan fingerprint density at radius 1 is 1.30 bits per heavy atom. The van der Waals surface area contributed by atoms with E-state index in [1.165, 1.54) is 31.2 Å². The van der Waals surface area contributed by atoms with Crippen LogP contribution in [0.5, 0.6) is 0 Å². The zero-order valence-electron chi connectivity index (χ0n) is 12.6. The molecule has 0 radical (unpaired) electrons. The van der Waals surface area contributed by atoms with Gasteiger partial charge in [0.2, 0.25) is 0 Å². The molecule has 1 aliphatic rings. The molecule has 2 N–H and O–H groups in total. The van der Waals surface area contributed by atoms with Gasteiger partial charge < -0.3 is 5.73 Å². The normalized spacial score (nSPS) is 19.4. The molecule has 0 bridgehead atoms. The molecule has 0 aliphatic heterocycles. The van der Waals surface area contributed by atoms with Crippen LogP contribution in [0.4, 0.5) is 0 Å². The van der Waals surface area contributed by atoms with Crippen molar-refractivity contribution in [2.45, 2.75) is 57.5 Å². The fraction of sp³-hybridized carbons (Fsp3) is 0.688. The van der Waals surface area contributed by atoms with Crippen molar-refractivity contribution in [3.05, 3.63) is 28.5 Å². The molecule has 1 atom stereocenters. The monoisotopic (exact) mass is 339 g/mol. The summed E-state index contributed by atoms with van der Waals surface area (Å²) >= 11 is 3.49. The predicted octanol–water partition coefficient (Wildman–Crippen LogP) is 3.37. The average molecular weight is 340 g/mol. The number of nitrogens with zero attached hydrogens (tertiary/aromatic N) is 2. The molecule has 0 spiro atoms. The van der Waals surface area contributed by atoms with E-state index in [2.05, 4.69) is 45.7 Å². The van der Waals surface area contributed by atoms with E-state index in [4.69, 9.17) is 5.73 Å². The molecule has 1 aromatic heterocycles. The van der Waals surface area contributed by atoms with Gasteiger partial charge in [-0.3, -0.25) is 9.88 Å². The van der Waals surface area contributed by atoms with E-state index >= 15 is 0 Å². The molecule has 0 amide bonds. The molecular weight excluding hydrogens is 314 g/mol. The number of halogens is 1. The molecule has 1 aliphatic carbocycles. The van der Waals surface area contributed by atoms with Gasteiger partial charge in [0.15, 0.2) is 0 Å². The topological polar surface area (TPSA) is 42.1 Å². The lowest BCUT2D eigenvalue weighted by Crippen LogP contribution is -2.59. The highest BCUT2D eigenvalue weighted by Crippen LogP contribution is 2.38. The van der Waals surface area contributed by atoms with Gasteiger partial charge in [-0.1, -0.05) is 26.7 Å². The van der Waals surface area contributed by atoms with E-state index in [-0.39, 0.29) is 11.6 Å². The minimum atomic E-state index is 0.181. The van der Waals surface area contributed by atoms with Gasteiger partial charge in [-0.25, -0.2) is 0 Å². The molecule has 0 saturated heterocycles. The molecule has 4 heteroatoms. The molecule has 1 aromatic rings. The second-order valence-electron chi connectivity index (χ2n) is 5.80. The number of hydrogen-bond acceptors (Lipinski definition) is 3. The number of hydrogen-bond donors (Lipinski definition) is 1. The van der Waals surface area contributed by atoms with Crippen molar-refractivity contribution in [1.82, 2.24) is 9.88 Å². The van der Waals surface area contributed by atoms with Crippen molar-refractivity contribution in [3.63, 3.8) is 0 Å². The third kappa shape index (κ3) is 3.23. The highest BCUT2D eigenvalue weighted by molar-refractivity contribution is 9.10. The predicted molar refractivity (Wildman–Crippen MR) is 87.7 cm³/mol. The third-order valence-electron chi connectivity index (χ3n) is 4.77. The van der Waals surface area contributed by atoms with Gasteiger partial charge >= 0.3 is 0 Å². The first kappa shape index (κ1) is 15.9. The summed E-state index contributed by atoms with van der Waals surface area (Å²) in [6, 6.07) is 2.32. The van der Waals surface area contributed by atoms with Crippen molar-refractivity contribution in [3.8, 4) is 0 Å². The Bertz CT molecular complexity index is 425. The second kappa shape index (κ2) is 7.01. The van der Waals surface area contributed by atoms with E-state index in [1.54, 1.807) is 0 Å². The Hall–Kier alpha value is -0.450. The smallest absolute Gasteiger partial charge is 0.0410 e. The number of rotatable bonds is 6. The summed E-state index contributed by atoms with van der Waals surface area (Å²) in [5, 5.41) is 0. The standard InChI is InChI=1S/C16H26BrN3/c1-3-20(4-2)16(7-5-6-8-16)15(18)10-13-9-14(17)12-19-11-13/h9,11-12,15H,3-8,10,18H2,1-2H3. The number of pyridine rings is 1. The lowest BCUT2D eigenvalue weighted by Gasteiger charge is -2.45. The quantitative estimate of drug-likeness (QED) is 0.863. The molecule has 3 nitrogen and oxygen atoms in total. The molecule has 1 heterocycles. The van der Waals surface area contributed by atoms with Crippen LogP contribution in [0.25, 0.3) is 0 Å². The van der Waals surface area contributed by atoms with Crippen LogP contribution in [0.15, 0.2) is 22.9 Å². The van der Waals surface area contributed by atoms with Crippen LogP contribution in [-0.4, -0.2) is 34.6 Å². The Labute approximate surface area is 131 Å². The van der Waals surface area contributed by atoms with Crippen molar-refractivity contribution >= 4 is 15.9 Å². The van der Waals surface area contributed by atoms with Gasteiger partial charge in [-0.05, 0) is 59.9 Å². The fourth-order valence-electron chi connectivity index (χ4n) is 3.77. The van der Waals surface area contributed by atoms with Crippen molar-refractivity contribution in [1.29, 1.82) is 0 Å². The summed E-state index contributed by atoms with van der Waals surface area (Å²) in [4.78, 5) is 6.84. The molecule has 112 valence electrons. The summed E-state index contributed by atoms with van der Waals surface area (Å²) in [5.41, 5.74) is 8.08. The van der Waals surface area contributed by atoms with E-state index in [0.29, 0.717) is 0 Å². The van der Waals surface area contributed by atoms with Gasteiger partial charge in [0.25, 0.3) is 0 Å². The van der Waals surface area contributed by atoms with Crippen molar-refractivity contribution in [2.75, 3.05) is 13.1 Å². The maximum atomic E-state index is 6.66. The Kier molecular flexibility index (Phi) is 5.58. The van der Waals surface area contributed by atoms with Gasteiger partial charge in [0.05, 0.1) is 0 Å².